The number of nitrogens with one attached hydrogen (secondary N) is 2. The molecule has 1 fully saturated rings. The van der Waals surface area contributed by atoms with Gasteiger partial charge >= 0.3 is 0 Å². The first-order valence-corrected chi connectivity index (χ1v) is 4.40. The Bertz CT molecular complexity index is 217. The van der Waals surface area contributed by atoms with Gasteiger partial charge in [0.25, 0.3) is 0 Å². The van der Waals surface area contributed by atoms with Crippen LogP contribution in [0.3, 0.4) is 0 Å². The summed E-state index contributed by atoms with van der Waals surface area (Å²) in [7, 11) is 0. The molecule has 14 heavy (non-hydrogen) atoms. The lowest BCUT2D eigenvalue weighted by Gasteiger charge is -2.35. The minimum Gasteiger partial charge on any atom is -0.388 e. The third kappa shape index (κ3) is 2.74. The third-order valence-electron chi connectivity index (χ3n) is 1.84. The summed E-state index contributed by atoms with van der Waals surface area (Å²) < 4.78 is 4.97. The Morgan fingerprint density at radius 1 is 1.36 bits per heavy atom. The summed E-state index contributed by atoms with van der Waals surface area (Å²) in [5.41, 5.74) is 9.95. The maximum Gasteiger partial charge on any atom is 0.178 e. The van der Waals surface area contributed by atoms with Crippen LogP contribution < -0.4 is 16.6 Å². The molecule has 0 spiro atoms. The molecule has 0 bridgehead atoms. The van der Waals surface area contributed by atoms with Crippen molar-refractivity contribution in [3.05, 3.63) is 0 Å². The van der Waals surface area contributed by atoms with Gasteiger partial charge in [-0.15, -0.1) is 0 Å². The van der Waals surface area contributed by atoms with Crippen molar-refractivity contribution in [1.82, 2.24) is 10.9 Å². The Labute approximate surface area is 85.8 Å². The van der Waals surface area contributed by atoms with Crippen molar-refractivity contribution in [3.8, 4) is 0 Å². The van der Waals surface area contributed by atoms with Crippen LogP contribution in [0.15, 0.2) is 0 Å². The van der Waals surface area contributed by atoms with Crippen LogP contribution in [0, 0.1) is 0 Å². The van der Waals surface area contributed by atoms with E-state index in [1.807, 2.05) is 0 Å². The lowest BCUT2D eigenvalue weighted by molar-refractivity contribution is -0.196. The summed E-state index contributed by atoms with van der Waals surface area (Å²) >= 11 is 4.51. The highest BCUT2D eigenvalue weighted by atomic mass is 32.1. The average molecular weight is 223 g/mol. The summed E-state index contributed by atoms with van der Waals surface area (Å²) in [6.07, 6.45) is -4.46. The molecule has 7 nitrogen and oxygen atoms in total. The van der Waals surface area contributed by atoms with Crippen molar-refractivity contribution < 1.29 is 20.1 Å². The van der Waals surface area contributed by atoms with E-state index in [1.54, 1.807) is 0 Å². The number of nitrogens with two attached hydrogens (primary N) is 1. The van der Waals surface area contributed by atoms with Gasteiger partial charge in [0, 0.05) is 0 Å². The van der Waals surface area contributed by atoms with Crippen molar-refractivity contribution in [2.45, 2.75) is 24.5 Å². The van der Waals surface area contributed by atoms with Crippen LogP contribution in [-0.4, -0.2) is 51.6 Å². The van der Waals surface area contributed by atoms with Crippen LogP contribution in [0.4, 0.5) is 0 Å². The van der Waals surface area contributed by atoms with Gasteiger partial charge in [0.15, 0.2) is 11.3 Å². The molecule has 1 rings (SSSR count). The summed E-state index contributed by atoms with van der Waals surface area (Å²) in [4.78, 5) is 0. The zero-order chi connectivity index (χ0) is 10.7. The zero-order valence-electron chi connectivity index (χ0n) is 7.25. The van der Waals surface area contributed by atoms with Crippen molar-refractivity contribution in [3.63, 3.8) is 0 Å². The molecule has 7 N–H and O–H groups in total. The first-order valence-electron chi connectivity index (χ1n) is 3.99. The highest BCUT2D eigenvalue weighted by Crippen LogP contribution is 2.12. The Hall–Kier alpha value is -0.510. The molecular weight excluding hydrogens is 210 g/mol. The summed E-state index contributed by atoms with van der Waals surface area (Å²) in [6, 6.07) is 0. The molecule has 0 unspecified atom stereocenters. The Balaban J connectivity index is 2.42. The van der Waals surface area contributed by atoms with Gasteiger partial charge in [0.2, 0.25) is 0 Å². The van der Waals surface area contributed by atoms with E-state index in [0.29, 0.717) is 0 Å². The van der Waals surface area contributed by atoms with E-state index in [4.69, 9.17) is 15.6 Å². The van der Waals surface area contributed by atoms with Gasteiger partial charge in [-0.2, -0.15) is 0 Å². The van der Waals surface area contributed by atoms with E-state index in [-0.39, 0.29) is 11.7 Å². The second-order valence-electron chi connectivity index (χ2n) is 2.94. The largest absolute Gasteiger partial charge is 0.388 e. The maximum absolute atomic E-state index is 9.40. The lowest BCUT2D eigenvalue weighted by Crippen LogP contribution is -2.61. The number of hydrogen-bond donors (Lipinski definition) is 6. The fraction of sp³-hybridized carbons (Fsp3) is 0.833. The van der Waals surface area contributed by atoms with Gasteiger partial charge in [-0.05, 0) is 12.2 Å². The third-order valence-corrected chi connectivity index (χ3v) is 1.94. The van der Waals surface area contributed by atoms with Gasteiger partial charge in [-0.25, -0.2) is 5.43 Å². The molecule has 0 aromatic heterocycles. The van der Waals surface area contributed by atoms with Gasteiger partial charge in [0.05, 0.1) is 6.61 Å². The number of aliphatic hydroxyl groups is 3. The van der Waals surface area contributed by atoms with E-state index in [0.717, 1.165) is 0 Å². The molecule has 0 aliphatic carbocycles. The minimum absolute atomic E-state index is 0.0126. The van der Waals surface area contributed by atoms with E-state index >= 15 is 0 Å². The molecule has 1 aliphatic heterocycles. The van der Waals surface area contributed by atoms with E-state index < -0.39 is 24.5 Å². The second-order valence-corrected chi connectivity index (χ2v) is 3.38. The standard InChI is InChI=1S/C6H13N3O4S/c7-6(14)9-8-5-4(12)3(11)2(10)1-13-5/h2-5,8,10-12H,1H2,(H3,7,9,14)/t2-,3+,4-,5+/m0/s1. The molecule has 1 saturated heterocycles. The molecule has 0 radical (unpaired) electrons. The first kappa shape index (κ1) is 11.6. The summed E-state index contributed by atoms with van der Waals surface area (Å²) in [5, 5.41) is 27.8. The normalized spacial score (nSPS) is 37.9. The first-order chi connectivity index (χ1) is 6.52. The van der Waals surface area contributed by atoms with E-state index in [2.05, 4.69) is 23.1 Å². The average Bonchev–Trinajstić information content (AvgIpc) is 2.13. The van der Waals surface area contributed by atoms with Crippen molar-refractivity contribution in [1.29, 1.82) is 0 Å². The van der Waals surface area contributed by atoms with Crippen molar-refractivity contribution in [2.75, 3.05) is 6.61 Å². The maximum atomic E-state index is 9.40. The molecule has 0 saturated carbocycles. The second kappa shape index (κ2) is 4.82. The molecule has 1 heterocycles. The molecule has 4 atom stereocenters. The molecule has 82 valence electrons. The number of hydrazine groups is 1. The fourth-order valence-electron chi connectivity index (χ4n) is 1.08. The van der Waals surface area contributed by atoms with Gasteiger partial charge in [-0.3, -0.25) is 5.43 Å². The molecular formula is C6H13N3O4S. The quantitative estimate of drug-likeness (QED) is 0.213. The fourth-order valence-corrected chi connectivity index (χ4v) is 1.13. The number of hydrogen-bond acceptors (Lipinski definition) is 6. The monoisotopic (exact) mass is 223 g/mol. The van der Waals surface area contributed by atoms with Crippen LogP contribution in [-0.2, 0) is 4.74 Å². The van der Waals surface area contributed by atoms with Crippen LogP contribution in [0.5, 0.6) is 0 Å². The SMILES string of the molecule is NC(=S)NN[C@@H]1OC[C@H](O)[C@@H](O)[C@@H]1O. The van der Waals surface area contributed by atoms with Gasteiger partial charge < -0.3 is 25.8 Å². The Morgan fingerprint density at radius 3 is 2.57 bits per heavy atom. The predicted octanol–water partition coefficient (Wildman–Crippen LogP) is -3.24. The summed E-state index contributed by atoms with van der Waals surface area (Å²) in [5.74, 6) is 0. The van der Waals surface area contributed by atoms with E-state index in [1.165, 1.54) is 0 Å². The summed E-state index contributed by atoms with van der Waals surface area (Å²) in [6.45, 7) is -0.0745. The predicted molar refractivity (Wildman–Crippen MR) is 50.8 cm³/mol. The highest BCUT2D eigenvalue weighted by Gasteiger charge is 2.37. The molecule has 1 aliphatic rings. The molecule has 8 heteroatoms. The van der Waals surface area contributed by atoms with Crippen LogP contribution in [0.1, 0.15) is 0 Å². The minimum atomic E-state index is -1.26. The number of thiocarbonyl (C=S) groups is 1. The molecule has 0 aromatic carbocycles. The van der Waals surface area contributed by atoms with Crippen LogP contribution in [0.2, 0.25) is 0 Å². The Kier molecular flexibility index (Phi) is 3.98. The Morgan fingerprint density at radius 2 is 2.00 bits per heavy atom. The van der Waals surface area contributed by atoms with Crippen LogP contribution in [0.25, 0.3) is 0 Å². The smallest absolute Gasteiger partial charge is 0.178 e. The number of ether oxygens (including phenoxy) is 1. The number of aliphatic hydroxyl groups excluding tert-OH is 3. The van der Waals surface area contributed by atoms with E-state index in [9.17, 15) is 10.2 Å². The lowest BCUT2D eigenvalue weighted by atomic mass is 10.1. The molecule has 0 aromatic rings. The van der Waals surface area contributed by atoms with Crippen molar-refractivity contribution >= 4 is 17.3 Å². The van der Waals surface area contributed by atoms with Crippen LogP contribution >= 0.6 is 12.2 Å². The molecule has 0 amide bonds. The zero-order valence-corrected chi connectivity index (χ0v) is 8.07. The topological polar surface area (TPSA) is 120 Å². The van der Waals surface area contributed by atoms with Gasteiger partial charge in [0.1, 0.15) is 18.3 Å². The van der Waals surface area contributed by atoms with Gasteiger partial charge in [-0.1, -0.05) is 0 Å². The number of rotatable bonds is 2. The van der Waals surface area contributed by atoms with Crippen molar-refractivity contribution in [2.24, 2.45) is 5.73 Å². The highest BCUT2D eigenvalue weighted by molar-refractivity contribution is 7.80.